The highest BCUT2D eigenvalue weighted by Gasteiger charge is 2.23. The fourth-order valence-corrected chi connectivity index (χ4v) is 5.89. The van der Waals surface area contributed by atoms with E-state index >= 15 is 0 Å². The van der Waals surface area contributed by atoms with E-state index in [1.807, 2.05) is 11.2 Å². The van der Waals surface area contributed by atoms with Crippen molar-refractivity contribution in [1.29, 1.82) is 0 Å². The predicted octanol–water partition coefficient (Wildman–Crippen LogP) is 5.50. The summed E-state index contributed by atoms with van der Waals surface area (Å²) in [5.41, 5.74) is 1.71. The summed E-state index contributed by atoms with van der Waals surface area (Å²) in [5.74, 6) is -0.452. The van der Waals surface area contributed by atoms with Gasteiger partial charge in [0.25, 0.3) is 21.8 Å². The standard InChI is InChI=1S/C28H31N3O4S2/c1-30(37(34,35)24-17-15-23(36-2)16-18-24)22-13-11-21(12-14-22)27(32)29-26-10-6-5-9-25(26)28(33)31-19-7-3-4-8-20-31/h5-6,9-18H,3-4,7-8,19-20H2,1-2H3,(H,29,32). The number of anilines is 2. The van der Waals surface area contributed by atoms with Crippen molar-refractivity contribution < 1.29 is 18.0 Å². The highest BCUT2D eigenvalue weighted by molar-refractivity contribution is 7.98. The van der Waals surface area contributed by atoms with Gasteiger partial charge in [0.2, 0.25) is 0 Å². The van der Waals surface area contributed by atoms with Crippen LogP contribution in [0.2, 0.25) is 0 Å². The molecular weight excluding hydrogens is 506 g/mol. The number of carbonyl (C=O) groups is 2. The third-order valence-corrected chi connectivity index (χ3v) is 9.05. The molecule has 1 N–H and O–H groups in total. The SMILES string of the molecule is CSc1ccc(S(=O)(=O)N(C)c2ccc(C(=O)Nc3ccccc3C(=O)N3CCCCCC3)cc2)cc1. The lowest BCUT2D eigenvalue weighted by Gasteiger charge is -2.22. The van der Waals surface area contributed by atoms with E-state index in [2.05, 4.69) is 5.32 Å². The molecule has 194 valence electrons. The molecular formula is C28H31N3O4S2. The van der Waals surface area contributed by atoms with E-state index in [0.717, 1.165) is 43.7 Å². The van der Waals surface area contributed by atoms with Crippen molar-refractivity contribution in [3.63, 3.8) is 0 Å². The van der Waals surface area contributed by atoms with E-state index in [1.165, 1.54) is 11.4 Å². The van der Waals surface area contributed by atoms with Crippen LogP contribution in [0, 0.1) is 0 Å². The summed E-state index contributed by atoms with van der Waals surface area (Å²) in [5, 5.41) is 2.86. The van der Waals surface area contributed by atoms with Crippen LogP contribution >= 0.6 is 11.8 Å². The summed E-state index contributed by atoms with van der Waals surface area (Å²) in [6.07, 6.45) is 6.15. The average Bonchev–Trinajstić information content (AvgIpc) is 3.22. The molecule has 0 aromatic heterocycles. The first-order valence-corrected chi connectivity index (χ1v) is 14.9. The third kappa shape index (κ3) is 6.17. The van der Waals surface area contributed by atoms with Crippen LogP contribution in [0.5, 0.6) is 0 Å². The molecule has 0 saturated carbocycles. The van der Waals surface area contributed by atoms with Gasteiger partial charge in [0.15, 0.2) is 0 Å². The Hall–Kier alpha value is -3.30. The number of hydrogen-bond acceptors (Lipinski definition) is 5. The van der Waals surface area contributed by atoms with Crippen LogP contribution in [0.3, 0.4) is 0 Å². The zero-order chi connectivity index (χ0) is 26.4. The quantitative estimate of drug-likeness (QED) is 0.402. The Morgan fingerprint density at radius 1 is 0.865 bits per heavy atom. The first-order valence-electron chi connectivity index (χ1n) is 12.2. The molecule has 9 heteroatoms. The van der Waals surface area contributed by atoms with Crippen LogP contribution in [-0.4, -0.2) is 51.5 Å². The lowest BCUT2D eigenvalue weighted by atomic mass is 10.1. The van der Waals surface area contributed by atoms with E-state index < -0.39 is 10.0 Å². The lowest BCUT2D eigenvalue weighted by molar-refractivity contribution is 0.0762. The number of thioether (sulfide) groups is 1. The molecule has 0 bridgehead atoms. The van der Waals surface area contributed by atoms with Crippen LogP contribution in [0.1, 0.15) is 46.4 Å². The molecule has 1 heterocycles. The topological polar surface area (TPSA) is 86.8 Å². The Morgan fingerprint density at radius 2 is 1.49 bits per heavy atom. The van der Waals surface area contributed by atoms with Crippen molar-refractivity contribution in [2.24, 2.45) is 0 Å². The zero-order valence-corrected chi connectivity index (χ0v) is 22.6. The minimum absolute atomic E-state index is 0.0782. The van der Waals surface area contributed by atoms with Crippen LogP contribution in [0.4, 0.5) is 11.4 Å². The lowest BCUT2D eigenvalue weighted by Crippen LogP contribution is -2.32. The first kappa shape index (κ1) is 26.8. The monoisotopic (exact) mass is 537 g/mol. The molecule has 1 fully saturated rings. The Bertz CT molecular complexity index is 1350. The van der Waals surface area contributed by atoms with E-state index in [1.54, 1.807) is 84.6 Å². The second-order valence-corrected chi connectivity index (χ2v) is 11.7. The Morgan fingerprint density at radius 3 is 2.11 bits per heavy atom. The second-order valence-electron chi connectivity index (χ2n) is 8.90. The number of likely N-dealkylation sites (tertiary alicyclic amines) is 1. The highest BCUT2D eigenvalue weighted by atomic mass is 32.2. The van der Waals surface area contributed by atoms with Gasteiger partial charge in [-0.2, -0.15) is 0 Å². The predicted molar refractivity (Wildman–Crippen MR) is 149 cm³/mol. The molecule has 7 nitrogen and oxygen atoms in total. The third-order valence-electron chi connectivity index (χ3n) is 6.51. The second kappa shape index (κ2) is 11.8. The summed E-state index contributed by atoms with van der Waals surface area (Å²) in [4.78, 5) is 29.2. The number of carbonyl (C=O) groups excluding carboxylic acids is 2. The Kier molecular flexibility index (Phi) is 8.56. The summed E-state index contributed by atoms with van der Waals surface area (Å²) >= 11 is 1.54. The van der Waals surface area contributed by atoms with E-state index in [9.17, 15) is 18.0 Å². The van der Waals surface area contributed by atoms with E-state index in [4.69, 9.17) is 0 Å². The molecule has 1 saturated heterocycles. The number of nitrogens with one attached hydrogen (secondary N) is 1. The maximum absolute atomic E-state index is 13.2. The number of para-hydroxylation sites is 1. The summed E-state index contributed by atoms with van der Waals surface area (Å²) in [6, 6.07) is 20.1. The van der Waals surface area contributed by atoms with Crippen molar-refractivity contribution in [2.75, 3.05) is 36.0 Å². The molecule has 1 aliphatic heterocycles. The van der Waals surface area contributed by atoms with Gasteiger partial charge in [-0.3, -0.25) is 13.9 Å². The molecule has 0 aliphatic carbocycles. The van der Waals surface area contributed by atoms with Crippen molar-refractivity contribution >= 4 is 45.0 Å². The van der Waals surface area contributed by atoms with Gasteiger partial charge in [-0.25, -0.2) is 8.42 Å². The maximum atomic E-state index is 13.2. The van der Waals surface area contributed by atoms with Crippen LogP contribution in [-0.2, 0) is 10.0 Å². The maximum Gasteiger partial charge on any atom is 0.264 e. The molecule has 4 rings (SSSR count). The molecule has 1 aliphatic rings. The van der Waals surface area contributed by atoms with Crippen molar-refractivity contribution in [3.05, 3.63) is 83.9 Å². The van der Waals surface area contributed by atoms with Gasteiger partial charge in [0.1, 0.15) is 0 Å². The molecule has 0 unspecified atom stereocenters. The molecule has 0 spiro atoms. The molecule has 3 aromatic rings. The van der Waals surface area contributed by atoms with Crippen molar-refractivity contribution in [2.45, 2.75) is 35.5 Å². The normalized spacial score (nSPS) is 14.1. The van der Waals surface area contributed by atoms with Gasteiger partial charge in [-0.05, 0) is 79.8 Å². The van der Waals surface area contributed by atoms with Crippen LogP contribution in [0.15, 0.2) is 82.6 Å². The summed E-state index contributed by atoms with van der Waals surface area (Å²) in [7, 11) is -2.26. The van der Waals surface area contributed by atoms with Gasteiger partial charge in [-0.15, -0.1) is 11.8 Å². The Labute approximate surface area is 222 Å². The number of benzene rings is 3. The van der Waals surface area contributed by atoms with Crippen molar-refractivity contribution in [3.8, 4) is 0 Å². The van der Waals surface area contributed by atoms with Crippen LogP contribution < -0.4 is 9.62 Å². The number of rotatable bonds is 7. The average molecular weight is 538 g/mol. The number of hydrogen-bond donors (Lipinski definition) is 1. The van der Waals surface area contributed by atoms with Gasteiger partial charge in [0, 0.05) is 30.6 Å². The molecule has 0 atom stereocenters. The van der Waals surface area contributed by atoms with Gasteiger partial charge < -0.3 is 10.2 Å². The molecule has 0 radical (unpaired) electrons. The number of amides is 2. The molecule has 3 aromatic carbocycles. The number of sulfonamides is 1. The molecule has 37 heavy (non-hydrogen) atoms. The van der Waals surface area contributed by atoms with Gasteiger partial charge >= 0.3 is 0 Å². The van der Waals surface area contributed by atoms with Crippen LogP contribution in [0.25, 0.3) is 0 Å². The minimum Gasteiger partial charge on any atom is -0.339 e. The van der Waals surface area contributed by atoms with Gasteiger partial charge in [0.05, 0.1) is 21.8 Å². The first-order chi connectivity index (χ1) is 17.8. The summed E-state index contributed by atoms with van der Waals surface area (Å²) < 4.78 is 27.3. The largest absolute Gasteiger partial charge is 0.339 e. The number of nitrogens with zero attached hydrogens (tertiary/aromatic N) is 2. The van der Waals surface area contributed by atoms with Gasteiger partial charge in [-0.1, -0.05) is 25.0 Å². The van der Waals surface area contributed by atoms with E-state index in [-0.39, 0.29) is 16.7 Å². The fraction of sp³-hybridized carbons (Fsp3) is 0.286. The van der Waals surface area contributed by atoms with Crippen molar-refractivity contribution in [1.82, 2.24) is 4.90 Å². The molecule has 2 amide bonds. The fourth-order valence-electron chi connectivity index (χ4n) is 4.28. The zero-order valence-electron chi connectivity index (χ0n) is 21.0. The van der Waals surface area contributed by atoms with E-state index in [0.29, 0.717) is 22.5 Å². The Balaban J connectivity index is 1.48. The highest BCUT2D eigenvalue weighted by Crippen LogP contribution is 2.25. The smallest absolute Gasteiger partial charge is 0.264 e. The minimum atomic E-state index is -3.75. The summed E-state index contributed by atoms with van der Waals surface area (Å²) in [6.45, 7) is 1.45.